The molecule has 16 heavy (non-hydrogen) atoms. The lowest BCUT2D eigenvalue weighted by Crippen LogP contribution is -2.39. The molecule has 0 fully saturated rings. The number of nitrogens with one attached hydrogen (secondary N) is 3. The Morgan fingerprint density at radius 3 is 3.06 bits per heavy atom. The third-order valence-electron chi connectivity index (χ3n) is 2.38. The van der Waals surface area contributed by atoms with Crippen molar-refractivity contribution in [1.82, 2.24) is 10.7 Å². The van der Waals surface area contributed by atoms with Gasteiger partial charge in [0.05, 0.1) is 6.42 Å². The minimum atomic E-state index is -0.435. The zero-order valence-electron chi connectivity index (χ0n) is 8.54. The van der Waals surface area contributed by atoms with Crippen LogP contribution in [0, 0.1) is 0 Å². The van der Waals surface area contributed by atoms with Crippen LogP contribution in [0.15, 0.2) is 18.2 Å². The summed E-state index contributed by atoms with van der Waals surface area (Å²) in [6.07, 6.45) is 0.395. The van der Waals surface area contributed by atoms with E-state index in [0.29, 0.717) is 13.0 Å². The Labute approximate surface area is 92.2 Å². The molecule has 1 heterocycles. The molecule has 0 radical (unpaired) electrons. The van der Waals surface area contributed by atoms with Gasteiger partial charge in [0.2, 0.25) is 5.91 Å². The highest BCUT2D eigenvalue weighted by Crippen LogP contribution is 2.23. The first-order chi connectivity index (χ1) is 7.69. The van der Waals surface area contributed by atoms with Gasteiger partial charge in [0.1, 0.15) is 0 Å². The van der Waals surface area contributed by atoms with Gasteiger partial charge in [0.15, 0.2) is 0 Å². The number of benzene rings is 1. The minimum Gasteiger partial charge on any atom is -0.333 e. The van der Waals surface area contributed by atoms with Crippen molar-refractivity contribution in [3.05, 3.63) is 29.3 Å². The fourth-order valence-electron chi connectivity index (χ4n) is 1.63. The van der Waals surface area contributed by atoms with Gasteiger partial charge in [-0.25, -0.2) is 10.6 Å². The van der Waals surface area contributed by atoms with Gasteiger partial charge in [-0.3, -0.25) is 10.2 Å². The Bertz CT molecular complexity index is 444. The third-order valence-corrected chi connectivity index (χ3v) is 2.38. The van der Waals surface area contributed by atoms with E-state index in [1.807, 2.05) is 23.6 Å². The van der Waals surface area contributed by atoms with Crippen molar-refractivity contribution >= 4 is 17.6 Å². The molecule has 5 N–H and O–H groups in total. The molecule has 84 valence electrons. The molecular formula is C10H12N4O2. The second-order valence-electron chi connectivity index (χ2n) is 3.54. The molecule has 0 aliphatic carbocycles. The van der Waals surface area contributed by atoms with Crippen LogP contribution >= 0.6 is 0 Å². The predicted molar refractivity (Wildman–Crippen MR) is 58.3 cm³/mol. The van der Waals surface area contributed by atoms with Gasteiger partial charge in [0, 0.05) is 12.2 Å². The molecule has 0 saturated carbocycles. The van der Waals surface area contributed by atoms with Crippen molar-refractivity contribution in [2.24, 2.45) is 5.84 Å². The molecule has 0 aromatic heterocycles. The number of hydrazine groups is 1. The van der Waals surface area contributed by atoms with Crippen LogP contribution in [-0.2, 0) is 17.8 Å². The maximum Gasteiger partial charge on any atom is 0.329 e. The van der Waals surface area contributed by atoms with E-state index in [4.69, 9.17) is 5.84 Å². The molecule has 0 unspecified atom stereocenters. The molecule has 1 aromatic rings. The fourth-order valence-corrected chi connectivity index (χ4v) is 1.63. The number of rotatable bonds is 2. The van der Waals surface area contributed by atoms with Crippen LogP contribution in [0.5, 0.6) is 0 Å². The molecule has 1 aromatic carbocycles. The smallest absolute Gasteiger partial charge is 0.329 e. The van der Waals surface area contributed by atoms with Crippen LogP contribution in [-0.4, -0.2) is 11.9 Å². The number of nitrogens with two attached hydrogens (primary N) is 1. The predicted octanol–water partition coefficient (Wildman–Crippen LogP) is -0.146. The first-order valence-corrected chi connectivity index (χ1v) is 4.85. The Hall–Kier alpha value is -2.08. The third kappa shape index (κ3) is 2.12. The summed E-state index contributed by atoms with van der Waals surface area (Å²) in [5.41, 5.74) is 4.71. The molecular weight excluding hydrogens is 208 g/mol. The van der Waals surface area contributed by atoms with Gasteiger partial charge in [-0.2, -0.15) is 0 Å². The molecule has 0 atom stereocenters. The van der Waals surface area contributed by atoms with Gasteiger partial charge < -0.3 is 10.6 Å². The molecule has 1 aliphatic heterocycles. The van der Waals surface area contributed by atoms with Crippen molar-refractivity contribution in [2.75, 3.05) is 5.32 Å². The second kappa shape index (κ2) is 4.19. The van der Waals surface area contributed by atoms with Crippen molar-refractivity contribution in [1.29, 1.82) is 0 Å². The molecule has 6 nitrogen and oxygen atoms in total. The number of fused-ring (bicyclic) bond motifs is 1. The second-order valence-corrected chi connectivity index (χ2v) is 3.54. The molecule has 3 amide bonds. The maximum absolute atomic E-state index is 11.1. The van der Waals surface area contributed by atoms with Gasteiger partial charge in [-0.05, 0) is 17.2 Å². The zero-order valence-corrected chi connectivity index (χ0v) is 8.54. The number of anilines is 1. The number of hydrogen-bond acceptors (Lipinski definition) is 3. The van der Waals surface area contributed by atoms with Gasteiger partial charge >= 0.3 is 6.03 Å². The van der Waals surface area contributed by atoms with Crippen LogP contribution in [0.25, 0.3) is 0 Å². The fraction of sp³-hybridized carbons (Fsp3) is 0.200. The average Bonchev–Trinajstić information content (AvgIpc) is 2.65. The summed E-state index contributed by atoms with van der Waals surface area (Å²) in [4.78, 5) is 22.0. The lowest BCUT2D eigenvalue weighted by atomic mass is 10.1. The monoisotopic (exact) mass is 220 g/mol. The molecule has 0 spiro atoms. The van der Waals surface area contributed by atoms with Crippen LogP contribution in [0.2, 0.25) is 0 Å². The Kier molecular flexibility index (Phi) is 2.74. The number of urea groups is 1. The van der Waals surface area contributed by atoms with E-state index in [0.717, 1.165) is 16.8 Å². The van der Waals surface area contributed by atoms with E-state index in [1.54, 1.807) is 0 Å². The normalized spacial score (nSPS) is 12.9. The van der Waals surface area contributed by atoms with Gasteiger partial charge in [0.25, 0.3) is 0 Å². The van der Waals surface area contributed by atoms with E-state index >= 15 is 0 Å². The number of carbonyl (C=O) groups excluding carboxylic acids is 2. The van der Waals surface area contributed by atoms with Gasteiger partial charge in [-0.15, -0.1) is 0 Å². The summed E-state index contributed by atoms with van der Waals surface area (Å²) in [5.74, 6) is 4.93. The number of amides is 3. The first-order valence-electron chi connectivity index (χ1n) is 4.85. The lowest BCUT2D eigenvalue weighted by Gasteiger charge is -2.05. The summed E-state index contributed by atoms with van der Waals surface area (Å²) in [5, 5.41) is 5.31. The molecule has 2 rings (SSSR count). The number of hydrogen-bond donors (Lipinski definition) is 4. The minimum absolute atomic E-state index is 0.000176. The first kappa shape index (κ1) is 10.4. The summed E-state index contributed by atoms with van der Waals surface area (Å²) in [6, 6.07) is 5.14. The highest BCUT2D eigenvalue weighted by molar-refractivity contribution is 5.99. The standard InChI is InChI=1S/C10H12N4O2/c11-14-10(16)12-5-6-1-2-8-7(3-6)4-9(15)13-8/h1-3H,4-5,11H2,(H,13,15)(H2,12,14,16). The molecule has 1 aliphatic rings. The Morgan fingerprint density at radius 1 is 1.50 bits per heavy atom. The van der Waals surface area contributed by atoms with Crippen LogP contribution in [0.1, 0.15) is 11.1 Å². The van der Waals surface area contributed by atoms with E-state index in [-0.39, 0.29) is 5.91 Å². The largest absolute Gasteiger partial charge is 0.333 e. The zero-order chi connectivity index (χ0) is 11.5. The SMILES string of the molecule is NNC(=O)NCc1ccc2c(c1)CC(=O)N2. The van der Waals surface area contributed by atoms with Gasteiger partial charge in [-0.1, -0.05) is 12.1 Å². The quantitative estimate of drug-likeness (QED) is 0.317. The molecule has 0 bridgehead atoms. The van der Waals surface area contributed by atoms with E-state index in [1.165, 1.54) is 0 Å². The lowest BCUT2D eigenvalue weighted by molar-refractivity contribution is -0.115. The summed E-state index contributed by atoms with van der Waals surface area (Å²) in [7, 11) is 0. The van der Waals surface area contributed by atoms with E-state index in [2.05, 4.69) is 10.6 Å². The van der Waals surface area contributed by atoms with E-state index in [9.17, 15) is 9.59 Å². The van der Waals surface area contributed by atoms with Crippen molar-refractivity contribution in [3.63, 3.8) is 0 Å². The highest BCUT2D eigenvalue weighted by Gasteiger charge is 2.17. The van der Waals surface area contributed by atoms with E-state index < -0.39 is 6.03 Å². The maximum atomic E-state index is 11.1. The van der Waals surface area contributed by atoms with Crippen molar-refractivity contribution in [3.8, 4) is 0 Å². The van der Waals surface area contributed by atoms with Crippen molar-refractivity contribution in [2.45, 2.75) is 13.0 Å². The van der Waals surface area contributed by atoms with Crippen LogP contribution in [0.4, 0.5) is 10.5 Å². The van der Waals surface area contributed by atoms with Crippen LogP contribution in [0.3, 0.4) is 0 Å². The Balaban J connectivity index is 2.05. The molecule has 0 saturated heterocycles. The molecule has 6 heteroatoms. The summed E-state index contributed by atoms with van der Waals surface area (Å²) in [6.45, 7) is 0.379. The van der Waals surface area contributed by atoms with Crippen LogP contribution < -0.4 is 21.9 Å². The summed E-state index contributed by atoms with van der Waals surface area (Å²) >= 11 is 0. The topological polar surface area (TPSA) is 96.2 Å². The number of carbonyl (C=O) groups is 2. The summed E-state index contributed by atoms with van der Waals surface area (Å²) < 4.78 is 0. The van der Waals surface area contributed by atoms with Crippen molar-refractivity contribution < 1.29 is 9.59 Å². The highest BCUT2D eigenvalue weighted by atomic mass is 16.2. The Morgan fingerprint density at radius 2 is 2.31 bits per heavy atom. The average molecular weight is 220 g/mol.